The summed E-state index contributed by atoms with van der Waals surface area (Å²) >= 11 is 0. The van der Waals surface area contributed by atoms with Crippen LogP contribution >= 0.6 is 0 Å². The zero-order valence-corrected chi connectivity index (χ0v) is 24.1. The summed E-state index contributed by atoms with van der Waals surface area (Å²) in [5, 5.41) is 23.1. The summed E-state index contributed by atoms with van der Waals surface area (Å²) < 4.78 is 4.54. The van der Waals surface area contributed by atoms with Gasteiger partial charge in [0.25, 0.3) is 0 Å². The molecule has 0 saturated heterocycles. The van der Waals surface area contributed by atoms with Crippen molar-refractivity contribution in [2.45, 2.75) is 0 Å². The van der Waals surface area contributed by atoms with Crippen LogP contribution in [0.3, 0.4) is 0 Å². The second kappa shape index (κ2) is 10.4. The number of hydrogen-bond donors (Lipinski definition) is 1. The minimum Gasteiger partial charge on any atom is -0.477 e. The number of aliphatic carboxylic acids is 1. The fraction of sp³-hybridized carbons (Fsp3) is 0. The normalized spacial score (nSPS) is 11.8. The third-order valence-electron chi connectivity index (χ3n) is 8.52. The Morgan fingerprint density at radius 3 is 1.42 bits per heavy atom. The van der Waals surface area contributed by atoms with Crippen LogP contribution in [0.2, 0.25) is 0 Å². The molecule has 0 radical (unpaired) electrons. The van der Waals surface area contributed by atoms with Crippen LogP contribution in [0.25, 0.3) is 72.2 Å². The van der Waals surface area contributed by atoms with Crippen molar-refractivity contribution in [3.05, 3.63) is 151 Å². The Bertz CT molecular complexity index is 2450. The predicted molar refractivity (Wildman–Crippen MR) is 182 cm³/mol. The Morgan fingerprint density at radius 1 is 0.556 bits per heavy atom. The summed E-state index contributed by atoms with van der Waals surface area (Å²) in [6.07, 6.45) is 1.41. The van der Waals surface area contributed by atoms with Crippen molar-refractivity contribution in [1.82, 2.24) is 9.13 Å². The Morgan fingerprint density at radius 2 is 0.978 bits per heavy atom. The maximum Gasteiger partial charge on any atom is 0.346 e. The Balaban J connectivity index is 1.17. The zero-order valence-electron chi connectivity index (χ0n) is 24.1. The molecule has 0 aliphatic rings. The smallest absolute Gasteiger partial charge is 0.346 e. The minimum atomic E-state index is -1.23. The van der Waals surface area contributed by atoms with Gasteiger partial charge in [0.1, 0.15) is 11.6 Å². The molecular formula is C40H25N3O2. The maximum absolute atomic E-state index is 11.4. The van der Waals surface area contributed by atoms with Crippen molar-refractivity contribution in [1.29, 1.82) is 5.26 Å². The van der Waals surface area contributed by atoms with Gasteiger partial charge in [-0.25, -0.2) is 4.79 Å². The number of aromatic nitrogens is 2. The highest BCUT2D eigenvalue weighted by molar-refractivity contribution is 6.11. The van der Waals surface area contributed by atoms with Crippen molar-refractivity contribution in [3.63, 3.8) is 0 Å². The molecule has 0 aliphatic carbocycles. The van der Waals surface area contributed by atoms with Crippen LogP contribution in [0, 0.1) is 11.3 Å². The number of para-hydroxylation sites is 3. The molecule has 0 spiro atoms. The van der Waals surface area contributed by atoms with Gasteiger partial charge in [-0.1, -0.05) is 84.9 Å². The lowest BCUT2D eigenvalue weighted by molar-refractivity contribution is -0.132. The summed E-state index contributed by atoms with van der Waals surface area (Å²) in [6.45, 7) is 0. The molecular weight excluding hydrogens is 554 g/mol. The molecule has 5 heteroatoms. The highest BCUT2D eigenvalue weighted by Crippen LogP contribution is 2.35. The first kappa shape index (κ1) is 26.3. The number of nitrogens with zero attached hydrogens (tertiary/aromatic N) is 3. The molecule has 0 atom stereocenters. The first-order valence-electron chi connectivity index (χ1n) is 14.7. The number of rotatable bonds is 5. The number of nitriles is 1. The average molecular weight is 580 g/mol. The molecule has 2 aromatic heterocycles. The number of carbonyl (C=O) groups is 1. The molecule has 2 heterocycles. The van der Waals surface area contributed by atoms with E-state index >= 15 is 0 Å². The summed E-state index contributed by atoms with van der Waals surface area (Å²) in [4.78, 5) is 11.4. The fourth-order valence-corrected chi connectivity index (χ4v) is 6.47. The predicted octanol–water partition coefficient (Wildman–Crippen LogP) is 9.54. The topological polar surface area (TPSA) is 71.0 Å². The van der Waals surface area contributed by atoms with E-state index in [0.29, 0.717) is 5.56 Å². The van der Waals surface area contributed by atoms with E-state index in [1.165, 1.54) is 27.9 Å². The SMILES string of the molecule is N#CC(=Cc1ccc2c(c1)c1ccccc1n2-c1ccc(-c2ccc(-n3c4ccccc4c4ccccc43)cc2)cc1)C(=O)O. The van der Waals surface area contributed by atoms with E-state index in [0.717, 1.165) is 44.3 Å². The molecule has 212 valence electrons. The number of carboxylic acids is 1. The van der Waals surface area contributed by atoms with Crippen LogP contribution in [0.1, 0.15) is 5.56 Å². The van der Waals surface area contributed by atoms with Crippen molar-refractivity contribution in [2.75, 3.05) is 0 Å². The van der Waals surface area contributed by atoms with E-state index in [9.17, 15) is 15.2 Å². The molecule has 0 aliphatic heterocycles. The van der Waals surface area contributed by atoms with Gasteiger partial charge in [-0.15, -0.1) is 0 Å². The molecule has 0 saturated carbocycles. The number of benzene rings is 6. The molecule has 0 fully saturated rings. The molecule has 8 aromatic rings. The molecule has 5 nitrogen and oxygen atoms in total. The maximum atomic E-state index is 11.4. The largest absolute Gasteiger partial charge is 0.477 e. The molecule has 0 unspecified atom stereocenters. The highest BCUT2D eigenvalue weighted by Gasteiger charge is 2.14. The molecule has 6 aromatic carbocycles. The third kappa shape index (κ3) is 4.28. The van der Waals surface area contributed by atoms with Gasteiger partial charge in [-0.2, -0.15) is 5.26 Å². The Kier molecular flexibility index (Phi) is 6.07. The van der Waals surface area contributed by atoms with Crippen molar-refractivity contribution in [3.8, 4) is 28.6 Å². The minimum absolute atomic E-state index is 0.295. The zero-order chi connectivity index (χ0) is 30.5. The van der Waals surface area contributed by atoms with Gasteiger partial charge >= 0.3 is 5.97 Å². The van der Waals surface area contributed by atoms with Crippen LogP contribution in [-0.2, 0) is 4.79 Å². The molecule has 1 N–H and O–H groups in total. The molecule has 0 amide bonds. The fourth-order valence-electron chi connectivity index (χ4n) is 6.47. The van der Waals surface area contributed by atoms with Gasteiger partial charge in [0.15, 0.2) is 0 Å². The second-order valence-electron chi connectivity index (χ2n) is 11.1. The van der Waals surface area contributed by atoms with Gasteiger partial charge in [0, 0.05) is 32.9 Å². The average Bonchev–Trinajstić information content (AvgIpc) is 3.60. The summed E-state index contributed by atoms with van der Waals surface area (Å²) in [6, 6.07) is 50.1. The summed E-state index contributed by atoms with van der Waals surface area (Å²) in [5.74, 6) is -1.23. The Labute approximate surface area is 258 Å². The van der Waals surface area contributed by atoms with Crippen molar-refractivity contribution >= 4 is 55.7 Å². The molecule has 45 heavy (non-hydrogen) atoms. The van der Waals surface area contributed by atoms with E-state index < -0.39 is 5.97 Å². The lowest BCUT2D eigenvalue weighted by Gasteiger charge is -2.11. The van der Waals surface area contributed by atoms with Crippen LogP contribution in [-0.4, -0.2) is 20.2 Å². The molecule has 8 rings (SSSR count). The van der Waals surface area contributed by atoms with E-state index in [2.05, 4.69) is 118 Å². The quantitative estimate of drug-likeness (QED) is 0.163. The van der Waals surface area contributed by atoms with E-state index in [1.807, 2.05) is 30.3 Å². The first-order chi connectivity index (χ1) is 22.1. The second-order valence-corrected chi connectivity index (χ2v) is 11.1. The van der Waals surface area contributed by atoms with Gasteiger partial charge in [0.2, 0.25) is 0 Å². The van der Waals surface area contributed by atoms with E-state index in [4.69, 9.17) is 0 Å². The lowest BCUT2D eigenvalue weighted by atomic mass is 10.0. The number of fused-ring (bicyclic) bond motifs is 6. The third-order valence-corrected chi connectivity index (χ3v) is 8.52. The van der Waals surface area contributed by atoms with Gasteiger partial charge < -0.3 is 14.2 Å². The van der Waals surface area contributed by atoms with Crippen LogP contribution in [0.5, 0.6) is 0 Å². The van der Waals surface area contributed by atoms with Gasteiger partial charge in [-0.3, -0.25) is 0 Å². The van der Waals surface area contributed by atoms with E-state index in [1.54, 1.807) is 6.07 Å². The van der Waals surface area contributed by atoms with E-state index in [-0.39, 0.29) is 5.57 Å². The van der Waals surface area contributed by atoms with Crippen LogP contribution in [0.4, 0.5) is 0 Å². The summed E-state index contributed by atoms with van der Waals surface area (Å²) in [7, 11) is 0. The van der Waals surface area contributed by atoms with Gasteiger partial charge in [0.05, 0.1) is 22.1 Å². The van der Waals surface area contributed by atoms with Crippen LogP contribution < -0.4 is 0 Å². The van der Waals surface area contributed by atoms with Gasteiger partial charge in [-0.05, 0) is 77.4 Å². The number of carboxylic acid groups (broad SMARTS) is 1. The van der Waals surface area contributed by atoms with Crippen molar-refractivity contribution < 1.29 is 9.90 Å². The monoisotopic (exact) mass is 579 g/mol. The van der Waals surface area contributed by atoms with Crippen molar-refractivity contribution in [2.24, 2.45) is 0 Å². The lowest BCUT2D eigenvalue weighted by Crippen LogP contribution is -1.97. The molecule has 0 bridgehead atoms. The number of hydrogen-bond acceptors (Lipinski definition) is 2. The summed E-state index contributed by atoms with van der Waals surface area (Å²) in [5.41, 5.74) is 9.22. The van der Waals surface area contributed by atoms with Crippen LogP contribution in [0.15, 0.2) is 145 Å². The highest BCUT2D eigenvalue weighted by atomic mass is 16.4. The standard InChI is InChI=1S/C40H25N3O2/c41-25-29(40(44)45)23-26-13-22-39-35(24-26)34-9-3-6-12-38(34)43(39)31-20-16-28(17-21-31)27-14-18-30(19-15-27)42-36-10-4-1-7-32(36)33-8-2-5-11-37(33)42/h1-24H,(H,44,45). The first-order valence-corrected chi connectivity index (χ1v) is 14.7. The Hall–Kier alpha value is -6.38.